The molecule has 0 amide bonds. The number of aliphatic carboxylic acids is 1. The van der Waals surface area contributed by atoms with Crippen molar-refractivity contribution in [2.45, 2.75) is 0 Å². The summed E-state index contributed by atoms with van der Waals surface area (Å²) in [6.07, 6.45) is 1.18. The first-order valence-corrected chi connectivity index (χ1v) is 4.06. The first-order chi connectivity index (χ1) is 6.09. The number of thiazole rings is 1. The maximum atomic E-state index is 10.4. The van der Waals surface area contributed by atoms with Gasteiger partial charge in [0, 0.05) is 0 Å². The van der Waals surface area contributed by atoms with Crippen LogP contribution in [0.15, 0.2) is 6.20 Å². The van der Waals surface area contributed by atoms with Crippen molar-refractivity contribution in [3.63, 3.8) is 0 Å². The zero-order valence-electron chi connectivity index (χ0n) is 6.35. The summed E-state index contributed by atoms with van der Waals surface area (Å²) in [7, 11) is 0. The molecule has 0 saturated heterocycles. The molecule has 0 aliphatic carbocycles. The molecular weight excluding hydrogens is 196 g/mol. The van der Waals surface area contributed by atoms with Gasteiger partial charge in [-0.05, 0) is 0 Å². The van der Waals surface area contributed by atoms with Crippen molar-refractivity contribution in [2.75, 3.05) is 11.9 Å². The van der Waals surface area contributed by atoms with E-state index in [0.29, 0.717) is 5.13 Å². The van der Waals surface area contributed by atoms with Crippen LogP contribution in [-0.4, -0.2) is 33.7 Å². The Morgan fingerprint density at radius 1 is 1.54 bits per heavy atom. The molecule has 1 heterocycles. The normalized spacial score (nSPS) is 9.54. The van der Waals surface area contributed by atoms with Gasteiger partial charge in [-0.15, -0.1) is 0 Å². The van der Waals surface area contributed by atoms with Crippen LogP contribution in [0.3, 0.4) is 0 Å². The number of carboxylic acids is 2. The Bertz CT molecular complexity index is 335. The summed E-state index contributed by atoms with van der Waals surface area (Å²) in [5, 5.41) is 19.5. The van der Waals surface area contributed by atoms with Crippen LogP contribution in [0.25, 0.3) is 0 Å². The zero-order chi connectivity index (χ0) is 9.84. The van der Waals surface area contributed by atoms with Crippen molar-refractivity contribution in [2.24, 2.45) is 0 Å². The first kappa shape index (κ1) is 9.46. The smallest absolute Gasteiger partial charge is 0.347 e. The van der Waals surface area contributed by atoms with E-state index < -0.39 is 11.9 Å². The molecule has 0 aromatic carbocycles. The lowest BCUT2D eigenvalue weighted by atomic mass is 10.6. The van der Waals surface area contributed by atoms with Crippen molar-refractivity contribution in [3.05, 3.63) is 11.1 Å². The van der Waals surface area contributed by atoms with E-state index in [4.69, 9.17) is 10.2 Å². The number of aromatic carboxylic acids is 1. The molecule has 0 radical (unpaired) electrons. The lowest BCUT2D eigenvalue weighted by Gasteiger charge is -1.94. The molecular formula is C6H6N2O4S. The summed E-state index contributed by atoms with van der Waals surface area (Å²) >= 11 is 0.898. The van der Waals surface area contributed by atoms with Crippen LogP contribution in [0.2, 0.25) is 0 Å². The molecule has 0 fully saturated rings. The van der Waals surface area contributed by atoms with E-state index in [1.165, 1.54) is 6.20 Å². The van der Waals surface area contributed by atoms with Crippen LogP contribution >= 0.6 is 11.3 Å². The number of nitrogens with zero attached hydrogens (tertiary/aromatic N) is 1. The topological polar surface area (TPSA) is 99.5 Å². The van der Waals surface area contributed by atoms with E-state index >= 15 is 0 Å². The Kier molecular flexibility index (Phi) is 2.80. The minimum Gasteiger partial charge on any atom is -0.480 e. The van der Waals surface area contributed by atoms with Gasteiger partial charge in [-0.3, -0.25) is 4.79 Å². The van der Waals surface area contributed by atoms with Gasteiger partial charge in [-0.25, -0.2) is 9.78 Å². The third-order valence-electron chi connectivity index (χ3n) is 1.11. The number of carboxylic acid groups (broad SMARTS) is 2. The molecule has 0 aliphatic rings. The Balaban J connectivity index is 2.59. The third-order valence-corrected chi connectivity index (χ3v) is 2.05. The largest absolute Gasteiger partial charge is 0.480 e. The highest BCUT2D eigenvalue weighted by Gasteiger charge is 2.08. The Morgan fingerprint density at radius 2 is 2.23 bits per heavy atom. The minimum atomic E-state index is -1.07. The maximum Gasteiger partial charge on any atom is 0.347 e. The number of nitrogens with one attached hydrogen (secondary N) is 1. The number of rotatable bonds is 4. The van der Waals surface area contributed by atoms with Crippen LogP contribution in [0.1, 0.15) is 9.67 Å². The monoisotopic (exact) mass is 202 g/mol. The van der Waals surface area contributed by atoms with Gasteiger partial charge in [0.15, 0.2) is 5.13 Å². The molecule has 1 aromatic rings. The number of carbonyl (C=O) groups is 2. The fourth-order valence-corrected chi connectivity index (χ4v) is 1.26. The zero-order valence-corrected chi connectivity index (χ0v) is 7.17. The van der Waals surface area contributed by atoms with Gasteiger partial charge in [0.25, 0.3) is 0 Å². The van der Waals surface area contributed by atoms with Gasteiger partial charge in [0.05, 0.1) is 6.20 Å². The SMILES string of the molecule is O=C(O)CNc1ncc(C(=O)O)s1. The predicted octanol–water partition coefficient (Wildman–Crippen LogP) is 0.338. The van der Waals surface area contributed by atoms with E-state index in [1.54, 1.807) is 0 Å². The lowest BCUT2D eigenvalue weighted by Crippen LogP contribution is -2.11. The summed E-state index contributed by atoms with van der Waals surface area (Å²) in [5.41, 5.74) is 0. The molecule has 6 nitrogen and oxygen atoms in total. The van der Waals surface area contributed by atoms with Crippen molar-refractivity contribution in [1.29, 1.82) is 0 Å². The standard InChI is InChI=1S/C6H6N2O4S/c9-4(10)2-8-6-7-1-3(13-6)5(11)12/h1H,2H2,(H,7,8)(H,9,10)(H,11,12). The molecule has 0 bridgehead atoms. The minimum absolute atomic E-state index is 0.0767. The highest BCUT2D eigenvalue weighted by atomic mass is 32.1. The van der Waals surface area contributed by atoms with Crippen LogP contribution in [-0.2, 0) is 4.79 Å². The number of hydrogen-bond acceptors (Lipinski definition) is 5. The quantitative estimate of drug-likeness (QED) is 0.651. The van der Waals surface area contributed by atoms with Gasteiger partial charge >= 0.3 is 11.9 Å². The maximum absolute atomic E-state index is 10.4. The molecule has 7 heteroatoms. The van der Waals surface area contributed by atoms with E-state index in [9.17, 15) is 9.59 Å². The summed E-state index contributed by atoms with van der Waals surface area (Å²) in [6.45, 7) is -0.271. The average molecular weight is 202 g/mol. The molecule has 1 rings (SSSR count). The van der Waals surface area contributed by atoms with Crippen molar-refractivity contribution < 1.29 is 19.8 Å². The molecule has 13 heavy (non-hydrogen) atoms. The van der Waals surface area contributed by atoms with Crippen molar-refractivity contribution >= 4 is 28.4 Å². The van der Waals surface area contributed by atoms with E-state index in [1.807, 2.05) is 0 Å². The van der Waals surface area contributed by atoms with Gasteiger partial charge in [-0.1, -0.05) is 11.3 Å². The Morgan fingerprint density at radius 3 is 2.69 bits per heavy atom. The first-order valence-electron chi connectivity index (χ1n) is 3.24. The second kappa shape index (κ2) is 3.85. The lowest BCUT2D eigenvalue weighted by molar-refractivity contribution is -0.134. The summed E-state index contributed by atoms with van der Waals surface area (Å²) in [6, 6.07) is 0. The number of hydrogen-bond donors (Lipinski definition) is 3. The highest BCUT2D eigenvalue weighted by molar-refractivity contribution is 7.17. The highest BCUT2D eigenvalue weighted by Crippen LogP contribution is 2.17. The third kappa shape index (κ3) is 2.71. The second-order valence-corrected chi connectivity index (χ2v) is 3.11. The molecule has 0 aliphatic heterocycles. The van der Waals surface area contributed by atoms with Crippen molar-refractivity contribution in [1.82, 2.24) is 4.98 Å². The fraction of sp³-hybridized carbons (Fsp3) is 0.167. The second-order valence-electron chi connectivity index (χ2n) is 2.08. The molecule has 0 spiro atoms. The molecule has 1 aromatic heterocycles. The molecule has 3 N–H and O–H groups in total. The molecule has 0 atom stereocenters. The Labute approximate surface area is 76.8 Å². The van der Waals surface area contributed by atoms with E-state index in [-0.39, 0.29) is 11.4 Å². The number of anilines is 1. The van der Waals surface area contributed by atoms with Gasteiger partial charge in [0.1, 0.15) is 11.4 Å². The predicted molar refractivity (Wildman–Crippen MR) is 45.2 cm³/mol. The molecule has 70 valence electrons. The van der Waals surface area contributed by atoms with Gasteiger partial charge in [-0.2, -0.15) is 0 Å². The molecule has 0 saturated carbocycles. The summed E-state index contributed by atoms with van der Waals surface area (Å²) in [4.78, 5) is 24.2. The Hall–Kier alpha value is -1.63. The summed E-state index contributed by atoms with van der Waals surface area (Å²) < 4.78 is 0. The van der Waals surface area contributed by atoms with Crippen molar-refractivity contribution in [3.8, 4) is 0 Å². The van der Waals surface area contributed by atoms with Crippen LogP contribution < -0.4 is 5.32 Å². The summed E-state index contributed by atoms with van der Waals surface area (Å²) in [5.74, 6) is -2.09. The van der Waals surface area contributed by atoms with E-state index in [2.05, 4.69) is 10.3 Å². The molecule has 0 unspecified atom stereocenters. The van der Waals surface area contributed by atoms with E-state index in [0.717, 1.165) is 11.3 Å². The van der Waals surface area contributed by atoms with Crippen LogP contribution in [0.4, 0.5) is 5.13 Å². The average Bonchev–Trinajstić information content (AvgIpc) is 2.48. The number of aromatic nitrogens is 1. The van der Waals surface area contributed by atoms with Crippen LogP contribution in [0, 0.1) is 0 Å². The fourth-order valence-electron chi connectivity index (χ4n) is 0.606. The van der Waals surface area contributed by atoms with Gasteiger partial charge < -0.3 is 15.5 Å². The van der Waals surface area contributed by atoms with Gasteiger partial charge in [0.2, 0.25) is 0 Å². The van der Waals surface area contributed by atoms with Crippen LogP contribution in [0.5, 0.6) is 0 Å².